The topological polar surface area (TPSA) is 15.3 Å². The molecule has 0 radical (unpaired) electrons. The molecule has 1 N–H and O–H groups in total. The maximum absolute atomic E-state index is 3.67. The number of rotatable bonds is 1. The molecule has 1 aliphatic carbocycles. The molecule has 0 aromatic heterocycles. The van der Waals surface area contributed by atoms with Crippen molar-refractivity contribution in [3.63, 3.8) is 0 Å². The van der Waals surface area contributed by atoms with Gasteiger partial charge < -0.3 is 0 Å². The van der Waals surface area contributed by atoms with Crippen LogP contribution in [0.5, 0.6) is 0 Å². The Balaban J connectivity index is 0.00000144. The lowest BCUT2D eigenvalue weighted by molar-refractivity contribution is 0.0927. The van der Waals surface area contributed by atoms with Crippen molar-refractivity contribution in [2.45, 2.75) is 76.7 Å². The van der Waals surface area contributed by atoms with E-state index >= 15 is 0 Å². The van der Waals surface area contributed by atoms with Crippen molar-refractivity contribution < 1.29 is 0 Å². The molecule has 0 unspecified atom stereocenters. The molecule has 0 aromatic carbocycles. The fourth-order valence-corrected chi connectivity index (χ4v) is 3.12. The van der Waals surface area contributed by atoms with E-state index in [4.69, 9.17) is 0 Å². The predicted molar refractivity (Wildman–Crippen MR) is 79.6 cm³/mol. The lowest BCUT2D eigenvalue weighted by atomic mass is 9.96. The zero-order valence-corrected chi connectivity index (χ0v) is 12.8. The first-order chi connectivity index (χ1) is 7.97. The van der Waals surface area contributed by atoms with Gasteiger partial charge in [0.2, 0.25) is 0 Å². The third-order valence-electron chi connectivity index (χ3n) is 4.16. The Morgan fingerprint density at radius 2 is 1.29 bits per heavy atom. The Hall–Kier alpha value is 0.400. The first-order valence-electron chi connectivity index (χ1n) is 7.47. The van der Waals surface area contributed by atoms with Crippen LogP contribution in [0, 0.1) is 0 Å². The van der Waals surface area contributed by atoms with E-state index in [1.807, 2.05) is 0 Å². The second kappa shape index (κ2) is 9.35. The summed E-state index contributed by atoms with van der Waals surface area (Å²) in [6.45, 7) is 2.49. The highest BCUT2D eigenvalue weighted by atomic mass is 79.9. The van der Waals surface area contributed by atoms with E-state index in [1.165, 1.54) is 83.7 Å². The molecule has 1 heterocycles. The molecule has 3 heteroatoms. The van der Waals surface area contributed by atoms with E-state index in [0.29, 0.717) is 0 Å². The molecule has 0 atom stereocenters. The molecular weight excluding hydrogens is 276 g/mol. The van der Waals surface area contributed by atoms with Crippen LogP contribution in [0.15, 0.2) is 0 Å². The average Bonchev–Trinajstić information content (AvgIpc) is 2.18. The molecule has 17 heavy (non-hydrogen) atoms. The van der Waals surface area contributed by atoms with Gasteiger partial charge in [-0.2, -0.15) is 0 Å². The number of hydrazine groups is 1. The van der Waals surface area contributed by atoms with E-state index in [0.717, 1.165) is 6.04 Å². The van der Waals surface area contributed by atoms with Crippen LogP contribution in [0.1, 0.15) is 70.6 Å². The molecular formula is C14H29BrN2. The van der Waals surface area contributed by atoms with Gasteiger partial charge in [-0.15, -0.1) is 17.0 Å². The van der Waals surface area contributed by atoms with Gasteiger partial charge in [-0.3, -0.25) is 5.43 Å². The Bertz CT molecular complexity index is 151. The molecule has 2 fully saturated rings. The Labute approximate surface area is 117 Å². The van der Waals surface area contributed by atoms with Crippen LogP contribution >= 0.6 is 17.0 Å². The van der Waals surface area contributed by atoms with Crippen LogP contribution in [-0.2, 0) is 0 Å². The predicted octanol–water partition coefficient (Wildman–Crippen LogP) is 4.06. The van der Waals surface area contributed by atoms with E-state index in [9.17, 15) is 0 Å². The highest BCUT2D eigenvalue weighted by molar-refractivity contribution is 8.93. The molecule has 1 saturated heterocycles. The summed E-state index contributed by atoms with van der Waals surface area (Å²) in [6.07, 6.45) is 15.8. The second-order valence-electron chi connectivity index (χ2n) is 5.51. The minimum Gasteiger partial charge on any atom is -0.255 e. The highest BCUT2D eigenvalue weighted by Crippen LogP contribution is 2.21. The van der Waals surface area contributed by atoms with Crippen molar-refractivity contribution >= 4 is 17.0 Å². The van der Waals surface area contributed by atoms with Crippen LogP contribution in [0.25, 0.3) is 0 Å². The van der Waals surface area contributed by atoms with Gasteiger partial charge in [-0.05, 0) is 25.7 Å². The van der Waals surface area contributed by atoms with E-state index in [1.54, 1.807) is 0 Å². The Morgan fingerprint density at radius 1 is 0.706 bits per heavy atom. The monoisotopic (exact) mass is 304 g/mol. The first kappa shape index (κ1) is 15.5. The summed E-state index contributed by atoms with van der Waals surface area (Å²) in [4.78, 5) is 0. The Morgan fingerprint density at radius 3 is 2.06 bits per heavy atom. The fraction of sp³-hybridized carbons (Fsp3) is 1.00. The van der Waals surface area contributed by atoms with Gasteiger partial charge in [0, 0.05) is 19.1 Å². The van der Waals surface area contributed by atoms with Crippen LogP contribution < -0.4 is 5.43 Å². The van der Waals surface area contributed by atoms with Gasteiger partial charge in [0.25, 0.3) is 0 Å². The molecule has 2 rings (SSSR count). The van der Waals surface area contributed by atoms with E-state index in [2.05, 4.69) is 10.4 Å². The smallest absolute Gasteiger partial charge is 0.0243 e. The van der Waals surface area contributed by atoms with Gasteiger partial charge in [-0.25, -0.2) is 5.01 Å². The fourth-order valence-electron chi connectivity index (χ4n) is 3.12. The van der Waals surface area contributed by atoms with Gasteiger partial charge in [-0.1, -0.05) is 44.9 Å². The number of nitrogens with one attached hydrogen (secondary N) is 1. The number of hydrogen-bond acceptors (Lipinski definition) is 2. The lowest BCUT2D eigenvalue weighted by Gasteiger charge is -2.34. The molecule has 1 saturated carbocycles. The van der Waals surface area contributed by atoms with Gasteiger partial charge in [0.05, 0.1) is 0 Å². The van der Waals surface area contributed by atoms with Gasteiger partial charge >= 0.3 is 0 Å². The zero-order valence-electron chi connectivity index (χ0n) is 11.1. The maximum atomic E-state index is 3.67. The minimum atomic E-state index is 0. The molecule has 102 valence electrons. The summed E-state index contributed by atoms with van der Waals surface area (Å²) in [7, 11) is 0. The SMILES string of the molecule is Br.C1CCCC(N2CCCCCCN2)CCC1. The van der Waals surface area contributed by atoms with Crippen molar-refractivity contribution in [2.24, 2.45) is 0 Å². The van der Waals surface area contributed by atoms with Crippen molar-refractivity contribution in [3.05, 3.63) is 0 Å². The second-order valence-corrected chi connectivity index (χ2v) is 5.51. The largest absolute Gasteiger partial charge is 0.255 e. The quantitative estimate of drug-likeness (QED) is 0.786. The van der Waals surface area contributed by atoms with E-state index in [-0.39, 0.29) is 17.0 Å². The molecule has 1 aliphatic heterocycles. The summed E-state index contributed by atoms with van der Waals surface area (Å²) < 4.78 is 0. The third-order valence-corrected chi connectivity index (χ3v) is 4.16. The van der Waals surface area contributed by atoms with Crippen LogP contribution in [0.2, 0.25) is 0 Å². The molecule has 0 bridgehead atoms. The summed E-state index contributed by atoms with van der Waals surface area (Å²) in [6, 6.07) is 0.832. The number of hydrogen-bond donors (Lipinski definition) is 1. The normalized spacial score (nSPS) is 26.1. The van der Waals surface area contributed by atoms with Crippen LogP contribution in [-0.4, -0.2) is 24.1 Å². The molecule has 0 aromatic rings. The van der Waals surface area contributed by atoms with Gasteiger partial charge in [0.1, 0.15) is 0 Å². The summed E-state index contributed by atoms with van der Waals surface area (Å²) >= 11 is 0. The summed E-state index contributed by atoms with van der Waals surface area (Å²) in [5.41, 5.74) is 3.67. The highest BCUT2D eigenvalue weighted by Gasteiger charge is 2.19. The maximum Gasteiger partial charge on any atom is 0.0243 e. The molecule has 2 nitrogen and oxygen atoms in total. The zero-order chi connectivity index (χ0) is 11.1. The van der Waals surface area contributed by atoms with Crippen molar-refractivity contribution in [1.82, 2.24) is 10.4 Å². The van der Waals surface area contributed by atoms with Gasteiger partial charge in [0.15, 0.2) is 0 Å². The molecule has 0 amide bonds. The van der Waals surface area contributed by atoms with Crippen molar-refractivity contribution in [1.29, 1.82) is 0 Å². The third kappa shape index (κ3) is 5.71. The van der Waals surface area contributed by atoms with Crippen LogP contribution in [0.4, 0.5) is 0 Å². The number of nitrogens with zero attached hydrogens (tertiary/aromatic N) is 1. The average molecular weight is 305 g/mol. The molecule has 2 aliphatic rings. The molecule has 0 spiro atoms. The summed E-state index contributed by atoms with van der Waals surface area (Å²) in [5, 5.41) is 2.59. The Kier molecular flexibility index (Phi) is 8.50. The number of halogens is 1. The minimum absolute atomic E-state index is 0. The summed E-state index contributed by atoms with van der Waals surface area (Å²) in [5.74, 6) is 0. The standard InChI is InChI=1S/C14H28N2.BrH/c1-2-6-10-14(11-7-3-1)16-13-9-5-4-8-12-15-16;/h14-15H,1-13H2;1H. The van der Waals surface area contributed by atoms with Crippen molar-refractivity contribution in [3.8, 4) is 0 Å². The first-order valence-corrected chi connectivity index (χ1v) is 7.47. The van der Waals surface area contributed by atoms with E-state index < -0.39 is 0 Å². The lowest BCUT2D eigenvalue weighted by Crippen LogP contribution is -2.47. The van der Waals surface area contributed by atoms with Crippen molar-refractivity contribution in [2.75, 3.05) is 13.1 Å². The van der Waals surface area contributed by atoms with Crippen LogP contribution in [0.3, 0.4) is 0 Å².